The fraction of sp³-hybridized carbons (Fsp3) is 0.500. The number of hydrogen-bond acceptors (Lipinski definition) is 2. The zero-order chi connectivity index (χ0) is 10.8. The number of hydrogen-bond donors (Lipinski definition) is 1. The first-order valence-electron chi connectivity index (χ1n) is 3.93. The van der Waals surface area contributed by atoms with Crippen molar-refractivity contribution >= 4 is 22.9 Å². The summed E-state index contributed by atoms with van der Waals surface area (Å²) in [5, 5.41) is 0. The van der Waals surface area contributed by atoms with Crippen LogP contribution in [0.1, 0.15) is 11.3 Å². The van der Waals surface area contributed by atoms with Gasteiger partial charge in [0.1, 0.15) is 0 Å². The first kappa shape index (κ1) is 11.8. The number of nitrogens with two attached hydrogens (primary N) is 1. The molecule has 0 radical (unpaired) electrons. The van der Waals surface area contributed by atoms with E-state index in [1.807, 2.05) is 0 Å². The summed E-state index contributed by atoms with van der Waals surface area (Å²) < 4.78 is 36.3. The Kier molecular flexibility index (Phi) is 3.80. The van der Waals surface area contributed by atoms with Crippen LogP contribution in [0.25, 0.3) is 0 Å². The van der Waals surface area contributed by atoms with Crippen LogP contribution in [0.4, 0.5) is 13.2 Å². The summed E-state index contributed by atoms with van der Waals surface area (Å²) in [6, 6.07) is 2.47. The Labute approximate surface area is 88.7 Å². The highest BCUT2D eigenvalue weighted by Gasteiger charge is 2.30. The van der Waals surface area contributed by atoms with E-state index in [1.54, 1.807) is 12.1 Å². The highest BCUT2D eigenvalue weighted by atomic mass is 35.5. The normalized spacial score (nSPS) is 14.4. The predicted octanol–water partition coefficient (Wildman–Crippen LogP) is 3.22. The zero-order valence-corrected chi connectivity index (χ0v) is 8.72. The second-order valence-corrected chi connectivity index (χ2v) is 4.79. The lowest BCUT2D eigenvalue weighted by molar-refractivity contribution is -0.138. The van der Waals surface area contributed by atoms with Crippen molar-refractivity contribution < 1.29 is 13.2 Å². The molecular weight excluding hydrogens is 235 g/mol. The van der Waals surface area contributed by atoms with Crippen molar-refractivity contribution in [2.45, 2.75) is 25.1 Å². The van der Waals surface area contributed by atoms with Crippen LogP contribution in [0.5, 0.6) is 0 Å². The van der Waals surface area contributed by atoms with E-state index in [0.29, 0.717) is 4.34 Å². The van der Waals surface area contributed by atoms with Gasteiger partial charge in [-0.15, -0.1) is 11.3 Å². The van der Waals surface area contributed by atoms with E-state index < -0.39 is 18.6 Å². The smallest absolute Gasteiger partial charge is 0.327 e. The van der Waals surface area contributed by atoms with E-state index in [1.165, 1.54) is 11.3 Å². The molecule has 0 bridgehead atoms. The van der Waals surface area contributed by atoms with Gasteiger partial charge in [0, 0.05) is 10.9 Å². The van der Waals surface area contributed by atoms with Crippen molar-refractivity contribution in [2.24, 2.45) is 5.73 Å². The van der Waals surface area contributed by atoms with Crippen molar-refractivity contribution in [1.82, 2.24) is 0 Å². The standard InChI is InChI=1S/C8H9ClF3NS/c9-7-2-1-6(14-7)3-5(13)4-8(10,11)12/h1-2,5H,3-4,13H2. The van der Waals surface area contributed by atoms with E-state index in [-0.39, 0.29) is 6.42 Å². The van der Waals surface area contributed by atoms with E-state index in [2.05, 4.69) is 0 Å². The summed E-state index contributed by atoms with van der Waals surface area (Å²) in [6.45, 7) is 0. The molecule has 14 heavy (non-hydrogen) atoms. The van der Waals surface area contributed by atoms with Gasteiger partial charge in [-0.3, -0.25) is 0 Å². The molecule has 1 rings (SSSR count). The monoisotopic (exact) mass is 243 g/mol. The third-order valence-electron chi connectivity index (χ3n) is 1.59. The average Bonchev–Trinajstić information content (AvgIpc) is 2.30. The van der Waals surface area contributed by atoms with E-state index in [4.69, 9.17) is 17.3 Å². The summed E-state index contributed by atoms with van der Waals surface area (Å²) >= 11 is 6.89. The maximum atomic E-state index is 11.9. The molecular formula is C8H9ClF3NS. The molecule has 2 N–H and O–H groups in total. The van der Waals surface area contributed by atoms with Crippen LogP contribution in [0, 0.1) is 0 Å². The Hall–Kier alpha value is -0.260. The van der Waals surface area contributed by atoms with Crippen LogP contribution in [0.15, 0.2) is 12.1 Å². The lowest BCUT2D eigenvalue weighted by atomic mass is 10.1. The van der Waals surface area contributed by atoms with Gasteiger partial charge >= 0.3 is 6.18 Å². The van der Waals surface area contributed by atoms with Crippen LogP contribution < -0.4 is 5.73 Å². The molecule has 0 saturated carbocycles. The highest BCUT2D eigenvalue weighted by molar-refractivity contribution is 7.16. The quantitative estimate of drug-likeness (QED) is 0.867. The minimum Gasteiger partial charge on any atom is -0.327 e. The summed E-state index contributed by atoms with van der Waals surface area (Å²) in [6.07, 6.45) is -4.93. The molecule has 0 aromatic carbocycles. The van der Waals surface area contributed by atoms with Crippen molar-refractivity contribution in [3.63, 3.8) is 0 Å². The minimum absolute atomic E-state index is 0.219. The molecule has 6 heteroatoms. The third kappa shape index (κ3) is 4.30. The Morgan fingerprint density at radius 3 is 2.50 bits per heavy atom. The lowest BCUT2D eigenvalue weighted by Crippen LogP contribution is -2.29. The summed E-state index contributed by atoms with van der Waals surface area (Å²) in [5.41, 5.74) is 5.34. The molecule has 0 fully saturated rings. The summed E-state index contributed by atoms with van der Waals surface area (Å²) in [7, 11) is 0. The number of rotatable bonds is 3. The average molecular weight is 244 g/mol. The first-order chi connectivity index (χ1) is 6.37. The highest BCUT2D eigenvalue weighted by Crippen LogP contribution is 2.26. The second kappa shape index (κ2) is 4.51. The number of thiophene rings is 1. The van der Waals surface area contributed by atoms with E-state index in [9.17, 15) is 13.2 Å². The molecule has 0 spiro atoms. The predicted molar refractivity (Wildman–Crippen MR) is 51.7 cm³/mol. The molecule has 0 aliphatic rings. The molecule has 0 aliphatic heterocycles. The first-order valence-corrected chi connectivity index (χ1v) is 5.13. The third-order valence-corrected chi connectivity index (χ3v) is 2.84. The topological polar surface area (TPSA) is 26.0 Å². The summed E-state index contributed by atoms with van der Waals surface area (Å²) in [5.74, 6) is 0. The van der Waals surface area contributed by atoms with Crippen molar-refractivity contribution in [3.8, 4) is 0 Å². The van der Waals surface area contributed by atoms with Gasteiger partial charge in [-0.05, 0) is 18.6 Å². The molecule has 80 valence electrons. The van der Waals surface area contributed by atoms with Crippen molar-refractivity contribution in [1.29, 1.82) is 0 Å². The SMILES string of the molecule is NC(Cc1ccc(Cl)s1)CC(F)(F)F. The maximum Gasteiger partial charge on any atom is 0.390 e. The van der Waals surface area contributed by atoms with Crippen LogP contribution >= 0.6 is 22.9 Å². The van der Waals surface area contributed by atoms with Gasteiger partial charge in [-0.1, -0.05) is 11.6 Å². The van der Waals surface area contributed by atoms with Gasteiger partial charge < -0.3 is 5.73 Å². The zero-order valence-electron chi connectivity index (χ0n) is 7.14. The van der Waals surface area contributed by atoms with E-state index >= 15 is 0 Å². The van der Waals surface area contributed by atoms with Crippen LogP contribution in [0.3, 0.4) is 0 Å². The molecule has 1 heterocycles. The van der Waals surface area contributed by atoms with Gasteiger partial charge in [0.2, 0.25) is 0 Å². The molecule has 0 amide bonds. The maximum absolute atomic E-state index is 11.9. The fourth-order valence-corrected chi connectivity index (χ4v) is 2.27. The lowest BCUT2D eigenvalue weighted by Gasteiger charge is -2.12. The Bertz CT molecular complexity index is 297. The number of alkyl halides is 3. The molecule has 0 saturated heterocycles. The Balaban J connectivity index is 2.45. The largest absolute Gasteiger partial charge is 0.390 e. The molecule has 1 nitrogen and oxygen atoms in total. The van der Waals surface area contributed by atoms with Gasteiger partial charge in [0.05, 0.1) is 10.8 Å². The van der Waals surface area contributed by atoms with Gasteiger partial charge in [-0.25, -0.2) is 0 Å². The molecule has 1 aromatic rings. The number of halogens is 4. The summed E-state index contributed by atoms with van der Waals surface area (Å²) in [4.78, 5) is 0.784. The molecule has 1 aromatic heterocycles. The fourth-order valence-electron chi connectivity index (χ4n) is 1.09. The minimum atomic E-state index is -4.19. The van der Waals surface area contributed by atoms with Gasteiger partial charge in [0.25, 0.3) is 0 Å². The Morgan fingerprint density at radius 2 is 2.07 bits per heavy atom. The second-order valence-electron chi connectivity index (χ2n) is 2.99. The van der Waals surface area contributed by atoms with Gasteiger partial charge in [-0.2, -0.15) is 13.2 Å². The molecule has 1 atom stereocenters. The molecule has 0 aliphatic carbocycles. The van der Waals surface area contributed by atoms with Crippen molar-refractivity contribution in [2.75, 3.05) is 0 Å². The molecule has 1 unspecified atom stereocenters. The van der Waals surface area contributed by atoms with Crippen molar-refractivity contribution in [3.05, 3.63) is 21.3 Å². The van der Waals surface area contributed by atoms with Crippen LogP contribution in [-0.4, -0.2) is 12.2 Å². The van der Waals surface area contributed by atoms with E-state index in [0.717, 1.165) is 4.88 Å². The van der Waals surface area contributed by atoms with Gasteiger partial charge in [0.15, 0.2) is 0 Å². The van der Waals surface area contributed by atoms with Crippen LogP contribution in [0.2, 0.25) is 4.34 Å². The Morgan fingerprint density at radius 1 is 1.43 bits per heavy atom. The van der Waals surface area contributed by atoms with Crippen LogP contribution in [-0.2, 0) is 6.42 Å².